The van der Waals surface area contributed by atoms with E-state index in [2.05, 4.69) is 0 Å². The fraction of sp³-hybridized carbons (Fsp3) is 0. The van der Waals surface area contributed by atoms with Gasteiger partial charge in [0.15, 0.2) is 0 Å². The molecule has 0 rings (SSSR count). The van der Waals surface area contributed by atoms with Crippen LogP contribution in [0.1, 0.15) is 5.71 Å². The molecule has 0 atom stereocenters. The Morgan fingerprint density at radius 2 is 0.500 bits per heavy atom. The van der Waals surface area contributed by atoms with Crippen LogP contribution < -0.4 is 0 Å². The van der Waals surface area contributed by atoms with Gasteiger partial charge in [0.25, 0.3) is 0 Å². The summed E-state index contributed by atoms with van der Waals surface area (Å²) in [7, 11) is 0. The molecular weight excluding hydrogens is 92.0 g/mol. The Kier molecular flexibility index (Phi) is 96.5. The summed E-state index contributed by atoms with van der Waals surface area (Å²) in [6, 6.07) is 0. The van der Waals surface area contributed by atoms with Crippen molar-refractivity contribution in [2.75, 3.05) is 0 Å². The predicted octanol–water partition coefficient (Wildman–Crippen LogP) is -2.14. The van der Waals surface area contributed by atoms with Gasteiger partial charge in [0.05, 0.1) is 0 Å². The van der Waals surface area contributed by atoms with Gasteiger partial charge in [-0.05, 0) is 0 Å². The molecule has 0 nitrogen and oxygen atoms in total. The molecule has 0 aliphatic heterocycles. The molecule has 0 N–H and O–H groups in total. The minimum absolute atomic E-state index is 0. The van der Waals surface area contributed by atoms with Crippen LogP contribution in [0.2, 0.25) is 0 Å². The van der Waals surface area contributed by atoms with Crippen LogP contribution in [0.25, 0.3) is 0 Å². The van der Waals surface area contributed by atoms with E-state index in [0.717, 1.165) is 0 Å². The molecular formula is H8Na4+4. The third-order valence-corrected chi connectivity index (χ3v) is 0. The van der Waals surface area contributed by atoms with Gasteiger partial charge in [-0.1, -0.05) is 0 Å². The second-order valence-electron chi connectivity index (χ2n) is 0. The monoisotopic (exact) mass is 100 g/mol. The molecule has 4 heavy (non-hydrogen) atoms. The summed E-state index contributed by atoms with van der Waals surface area (Å²) >= 11 is 0. The van der Waals surface area contributed by atoms with E-state index in [-0.39, 0.29) is 124 Å². The van der Waals surface area contributed by atoms with Gasteiger partial charge in [0, 0.05) is 0 Å². The van der Waals surface area contributed by atoms with Gasteiger partial charge in [0.2, 0.25) is 0 Å². The van der Waals surface area contributed by atoms with Gasteiger partial charge >= 0.3 is 124 Å². The molecule has 8 valence electrons. The van der Waals surface area contributed by atoms with Crippen LogP contribution in [0.15, 0.2) is 0 Å². The minimum atomic E-state index is 0. The van der Waals surface area contributed by atoms with Gasteiger partial charge in [-0.3, -0.25) is 0 Å². The zero-order chi connectivity index (χ0) is 0. The summed E-state index contributed by atoms with van der Waals surface area (Å²) in [4.78, 5) is 0. The SMILES string of the molecule is [H+].[H+].[H+].[H+].[NaH].[NaH].[NaH].[NaH]. The van der Waals surface area contributed by atoms with E-state index in [0.29, 0.717) is 0 Å². The first-order valence-electron chi connectivity index (χ1n) is 0. The molecule has 0 aliphatic rings. The average molecular weight is 100 g/mol. The van der Waals surface area contributed by atoms with Crippen LogP contribution in [0.5, 0.6) is 0 Å². The molecule has 0 aromatic heterocycles. The number of hydrogen-bond acceptors (Lipinski definition) is 0. The standard InChI is InChI=1S/4Na.4H/p+4. The van der Waals surface area contributed by atoms with Gasteiger partial charge in [-0.2, -0.15) is 0 Å². The van der Waals surface area contributed by atoms with Gasteiger partial charge in [-0.15, -0.1) is 0 Å². The summed E-state index contributed by atoms with van der Waals surface area (Å²) < 4.78 is 0. The number of rotatable bonds is 0. The summed E-state index contributed by atoms with van der Waals surface area (Å²) in [5.74, 6) is 0. The Balaban J connectivity index is 0. The first-order chi connectivity index (χ1) is 0. The van der Waals surface area contributed by atoms with Crippen LogP contribution in [-0.2, 0) is 0 Å². The van der Waals surface area contributed by atoms with Crippen molar-refractivity contribution in [3.8, 4) is 0 Å². The molecule has 0 radical (unpaired) electrons. The predicted molar refractivity (Wildman–Crippen MR) is 33.0 cm³/mol. The van der Waals surface area contributed by atoms with Gasteiger partial charge in [0.1, 0.15) is 0 Å². The molecule has 0 amide bonds. The molecule has 0 unspecified atom stereocenters. The molecule has 0 aromatic carbocycles. The third kappa shape index (κ3) is 9.38. The molecule has 0 aromatic rings. The summed E-state index contributed by atoms with van der Waals surface area (Å²) in [5, 5.41) is 0. The van der Waals surface area contributed by atoms with Crippen molar-refractivity contribution in [3.63, 3.8) is 0 Å². The zero-order valence-electron chi connectivity index (χ0n) is 4.00. The maximum absolute atomic E-state index is 0. The molecule has 0 saturated heterocycles. The second-order valence-corrected chi connectivity index (χ2v) is 0. The van der Waals surface area contributed by atoms with Crippen molar-refractivity contribution in [1.29, 1.82) is 0 Å². The Hall–Kier alpha value is 4.00. The summed E-state index contributed by atoms with van der Waals surface area (Å²) in [6.07, 6.45) is 0. The van der Waals surface area contributed by atoms with Crippen molar-refractivity contribution in [2.45, 2.75) is 0 Å². The van der Waals surface area contributed by atoms with Crippen LogP contribution in [0, 0.1) is 0 Å². The van der Waals surface area contributed by atoms with Crippen molar-refractivity contribution in [1.82, 2.24) is 0 Å². The van der Waals surface area contributed by atoms with E-state index in [1.54, 1.807) is 0 Å². The fourth-order valence-electron chi connectivity index (χ4n) is 0. The quantitative estimate of drug-likeness (QED) is 0.305. The van der Waals surface area contributed by atoms with Gasteiger partial charge < -0.3 is 0 Å². The van der Waals surface area contributed by atoms with E-state index in [4.69, 9.17) is 0 Å². The Labute approximate surface area is 121 Å². The van der Waals surface area contributed by atoms with E-state index in [1.165, 1.54) is 0 Å². The van der Waals surface area contributed by atoms with E-state index >= 15 is 0 Å². The third-order valence-electron chi connectivity index (χ3n) is 0. The molecule has 0 fully saturated rings. The van der Waals surface area contributed by atoms with E-state index in [9.17, 15) is 0 Å². The first kappa shape index (κ1) is 24.5. The fourth-order valence-corrected chi connectivity index (χ4v) is 0. The molecule has 4 heteroatoms. The van der Waals surface area contributed by atoms with Crippen LogP contribution in [0.4, 0.5) is 0 Å². The Morgan fingerprint density at radius 1 is 0.500 bits per heavy atom. The molecule has 0 aliphatic carbocycles. The van der Waals surface area contributed by atoms with E-state index < -0.39 is 0 Å². The van der Waals surface area contributed by atoms with Crippen molar-refractivity contribution in [3.05, 3.63) is 0 Å². The summed E-state index contributed by atoms with van der Waals surface area (Å²) in [6.45, 7) is 0. The van der Waals surface area contributed by atoms with Crippen molar-refractivity contribution < 1.29 is 5.71 Å². The Morgan fingerprint density at radius 3 is 0.500 bits per heavy atom. The molecule has 0 spiro atoms. The average Bonchev–Trinajstić information content (AvgIpc) is 0. The summed E-state index contributed by atoms with van der Waals surface area (Å²) in [5.41, 5.74) is 0. The number of hydrogen-bond donors (Lipinski definition) is 0. The molecule has 0 heterocycles. The first-order valence-corrected chi connectivity index (χ1v) is 0. The zero-order valence-corrected chi connectivity index (χ0v) is 0. The topological polar surface area (TPSA) is 0 Å². The van der Waals surface area contributed by atoms with Crippen molar-refractivity contribution in [2.24, 2.45) is 0 Å². The van der Waals surface area contributed by atoms with E-state index in [1.807, 2.05) is 0 Å². The normalized spacial score (nSPS) is 0. The second kappa shape index (κ2) is 15.8. The maximum atomic E-state index is 0. The van der Waals surface area contributed by atoms with Crippen LogP contribution >= 0.6 is 0 Å². The molecule has 0 saturated carbocycles. The molecule has 0 bridgehead atoms. The Bertz CT molecular complexity index is 8.00. The van der Waals surface area contributed by atoms with Gasteiger partial charge in [-0.25, -0.2) is 0 Å². The van der Waals surface area contributed by atoms with Crippen LogP contribution in [0.3, 0.4) is 0 Å². The van der Waals surface area contributed by atoms with Crippen molar-refractivity contribution >= 4 is 118 Å². The van der Waals surface area contributed by atoms with Crippen LogP contribution in [-0.4, -0.2) is 118 Å².